The Morgan fingerprint density at radius 2 is 1.66 bits per heavy atom. The van der Waals surface area contributed by atoms with Crippen molar-refractivity contribution in [1.29, 1.82) is 0 Å². The van der Waals surface area contributed by atoms with Gasteiger partial charge in [0, 0.05) is 13.6 Å². The number of imidazole rings is 1. The van der Waals surface area contributed by atoms with E-state index in [1.807, 2.05) is 12.1 Å². The Labute approximate surface area is 177 Å². The summed E-state index contributed by atoms with van der Waals surface area (Å²) >= 11 is 12.1. The molecule has 0 aliphatic heterocycles. The van der Waals surface area contributed by atoms with Crippen LogP contribution in [0, 0.1) is 0 Å². The zero-order valence-corrected chi connectivity index (χ0v) is 17.5. The number of para-hydroxylation sites is 3. The first-order chi connectivity index (χ1) is 13.8. The fourth-order valence-corrected chi connectivity index (χ4v) is 3.59. The fourth-order valence-electron chi connectivity index (χ4n) is 3.10. The number of amides is 2. The highest BCUT2D eigenvalue weighted by Crippen LogP contribution is 2.29. The van der Waals surface area contributed by atoms with Crippen LogP contribution in [0.3, 0.4) is 0 Å². The number of hydrogen-bond donors (Lipinski definition) is 1. The Hall–Kier alpha value is -2.77. The minimum Gasteiger partial charge on any atom is -0.332 e. The van der Waals surface area contributed by atoms with Crippen LogP contribution in [0.25, 0.3) is 11.0 Å². The highest BCUT2D eigenvalue weighted by Gasteiger charge is 2.20. The number of aryl methyl sites for hydroxylation is 1. The second-order valence-corrected chi connectivity index (χ2v) is 7.28. The lowest BCUT2D eigenvalue weighted by Gasteiger charge is -2.21. The largest absolute Gasteiger partial charge is 0.332 e. The van der Waals surface area contributed by atoms with Crippen molar-refractivity contribution in [3.05, 3.63) is 63.0 Å². The summed E-state index contributed by atoms with van der Waals surface area (Å²) in [6.07, 6.45) is 0. The number of nitrogens with one attached hydrogen (secondary N) is 1. The van der Waals surface area contributed by atoms with Gasteiger partial charge in [-0.2, -0.15) is 0 Å². The zero-order chi connectivity index (χ0) is 21.1. The molecular weight excluding hydrogens is 415 g/mol. The number of nitrogens with zero attached hydrogens (tertiary/aromatic N) is 3. The Bertz CT molecular complexity index is 1120. The molecule has 2 aromatic carbocycles. The maximum Gasteiger partial charge on any atom is 0.329 e. The van der Waals surface area contributed by atoms with Crippen LogP contribution >= 0.6 is 23.2 Å². The molecular formula is C20H20Cl2N4O3. The molecule has 29 heavy (non-hydrogen) atoms. The van der Waals surface area contributed by atoms with E-state index >= 15 is 0 Å². The smallest absolute Gasteiger partial charge is 0.329 e. The summed E-state index contributed by atoms with van der Waals surface area (Å²) in [5.74, 6) is -0.771. The van der Waals surface area contributed by atoms with Gasteiger partial charge in [-0.25, -0.2) is 4.79 Å². The molecule has 1 N–H and O–H groups in total. The summed E-state index contributed by atoms with van der Waals surface area (Å²) in [4.78, 5) is 39.1. The first-order valence-corrected chi connectivity index (χ1v) is 9.75. The monoisotopic (exact) mass is 434 g/mol. The van der Waals surface area contributed by atoms with Crippen LogP contribution in [0.5, 0.6) is 0 Å². The van der Waals surface area contributed by atoms with Crippen LogP contribution in [-0.4, -0.2) is 38.9 Å². The number of carbonyl (C=O) groups excluding carboxylic acids is 2. The number of benzene rings is 2. The molecule has 3 aromatic rings. The van der Waals surface area contributed by atoms with Gasteiger partial charge in [0.05, 0.1) is 33.3 Å². The summed E-state index contributed by atoms with van der Waals surface area (Å²) in [6.45, 7) is 1.73. The number of hydrogen-bond acceptors (Lipinski definition) is 3. The Morgan fingerprint density at radius 1 is 1.03 bits per heavy atom. The van der Waals surface area contributed by atoms with Gasteiger partial charge in [-0.05, 0) is 31.2 Å². The van der Waals surface area contributed by atoms with E-state index in [4.69, 9.17) is 23.2 Å². The molecule has 3 rings (SSSR count). The van der Waals surface area contributed by atoms with E-state index < -0.39 is 5.91 Å². The number of rotatable bonds is 6. The summed E-state index contributed by atoms with van der Waals surface area (Å²) in [6, 6.07) is 12.1. The average molecular weight is 435 g/mol. The predicted octanol–water partition coefficient (Wildman–Crippen LogP) is 3.13. The topological polar surface area (TPSA) is 76.3 Å². The summed E-state index contributed by atoms with van der Waals surface area (Å²) in [5.41, 5.74) is 1.41. The molecule has 2 amide bonds. The van der Waals surface area contributed by atoms with Crippen LogP contribution in [0.2, 0.25) is 10.0 Å². The molecule has 0 saturated heterocycles. The van der Waals surface area contributed by atoms with E-state index in [0.29, 0.717) is 27.8 Å². The highest BCUT2D eigenvalue weighted by molar-refractivity contribution is 6.39. The molecule has 152 valence electrons. The third-order valence-corrected chi connectivity index (χ3v) is 5.27. The van der Waals surface area contributed by atoms with Crippen LogP contribution in [0.15, 0.2) is 47.3 Å². The van der Waals surface area contributed by atoms with Crippen molar-refractivity contribution < 1.29 is 9.59 Å². The second kappa shape index (κ2) is 8.71. The predicted molar refractivity (Wildman–Crippen MR) is 115 cm³/mol. The molecule has 9 heteroatoms. The fraction of sp³-hybridized carbons (Fsp3) is 0.250. The number of fused-ring (bicyclic) bond motifs is 1. The van der Waals surface area contributed by atoms with Crippen molar-refractivity contribution >= 4 is 51.7 Å². The van der Waals surface area contributed by atoms with Gasteiger partial charge < -0.3 is 10.2 Å². The van der Waals surface area contributed by atoms with Gasteiger partial charge >= 0.3 is 5.69 Å². The van der Waals surface area contributed by atoms with Crippen LogP contribution in [0.4, 0.5) is 5.69 Å². The number of carbonyl (C=O) groups is 2. The van der Waals surface area contributed by atoms with Crippen LogP contribution in [0.1, 0.15) is 6.92 Å². The van der Waals surface area contributed by atoms with Crippen molar-refractivity contribution in [2.24, 2.45) is 7.05 Å². The van der Waals surface area contributed by atoms with E-state index in [2.05, 4.69) is 5.32 Å². The van der Waals surface area contributed by atoms with Crippen molar-refractivity contribution in [2.75, 3.05) is 18.4 Å². The Kier molecular flexibility index (Phi) is 6.30. The van der Waals surface area contributed by atoms with Gasteiger partial charge in [-0.1, -0.05) is 41.4 Å². The van der Waals surface area contributed by atoms with Crippen LogP contribution in [-0.2, 0) is 23.2 Å². The van der Waals surface area contributed by atoms with Crippen LogP contribution < -0.4 is 11.0 Å². The molecule has 0 spiro atoms. The van der Waals surface area contributed by atoms with Crippen molar-refractivity contribution in [1.82, 2.24) is 14.0 Å². The molecule has 0 unspecified atom stereocenters. The zero-order valence-electron chi connectivity index (χ0n) is 16.0. The Morgan fingerprint density at radius 3 is 2.28 bits per heavy atom. The van der Waals surface area contributed by atoms with E-state index in [0.717, 1.165) is 5.52 Å². The summed E-state index contributed by atoms with van der Waals surface area (Å²) in [7, 11) is 1.66. The minimum absolute atomic E-state index is 0.159. The lowest BCUT2D eigenvalue weighted by molar-refractivity contribution is -0.135. The van der Waals surface area contributed by atoms with Gasteiger partial charge in [-0.3, -0.25) is 18.7 Å². The number of aromatic nitrogens is 2. The van der Waals surface area contributed by atoms with Gasteiger partial charge in [-0.15, -0.1) is 0 Å². The van der Waals surface area contributed by atoms with E-state index in [1.54, 1.807) is 44.3 Å². The first-order valence-electron chi connectivity index (χ1n) is 8.99. The maximum atomic E-state index is 12.8. The third kappa shape index (κ3) is 4.31. The molecule has 7 nitrogen and oxygen atoms in total. The number of halogens is 2. The lowest BCUT2D eigenvalue weighted by atomic mass is 10.3. The molecule has 0 saturated carbocycles. The standard InChI is InChI=1S/C20H20Cl2N4O3/c1-3-25(11-17(27)23-19-13(21)7-6-8-14(19)22)18(28)12-26-16-10-5-4-9-15(16)24(2)20(26)29/h4-10H,3,11-12H2,1-2H3,(H,23,27). The molecule has 0 aliphatic rings. The molecule has 0 aliphatic carbocycles. The summed E-state index contributed by atoms with van der Waals surface area (Å²) < 4.78 is 2.90. The van der Waals surface area contributed by atoms with Gasteiger partial charge in [0.1, 0.15) is 6.54 Å². The first kappa shape index (κ1) is 21.0. The summed E-state index contributed by atoms with van der Waals surface area (Å²) in [5, 5.41) is 3.25. The number of anilines is 1. The molecule has 1 heterocycles. The molecule has 0 fully saturated rings. The molecule has 0 atom stereocenters. The quantitative estimate of drug-likeness (QED) is 0.647. The Balaban J connectivity index is 1.76. The third-order valence-electron chi connectivity index (χ3n) is 4.64. The molecule has 1 aromatic heterocycles. The van der Waals surface area contributed by atoms with Gasteiger partial charge in [0.25, 0.3) is 0 Å². The van der Waals surface area contributed by atoms with E-state index in [1.165, 1.54) is 14.0 Å². The normalized spacial score (nSPS) is 10.9. The van der Waals surface area contributed by atoms with Crippen molar-refractivity contribution in [3.63, 3.8) is 0 Å². The molecule has 0 radical (unpaired) electrons. The van der Waals surface area contributed by atoms with Crippen molar-refractivity contribution in [3.8, 4) is 0 Å². The lowest BCUT2D eigenvalue weighted by Crippen LogP contribution is -2.41. The highest BCUT2D eigenvalue weighted by atomic mass is 35.5. The minimum atomic E-state index is -0.430. The maximum absolute atomic E-state index is 12.8. The second-order valence-electron chi connectivity index (χ2n) is 6.47. The SMILES string of the molecule is CCN(CC(=O)Nc1c(Cl)cccc1Cl)C(=O)Cn1c(=O)n(C)c2ccccc21. The number of likely N-dealkylation sites (N-methyl/N-ethyl adjacent to an activating group) is 1. The van der Waals surface area contributed by atoms with E-state index in [9.17, 15) is 14.4 Å². The average Bonchev–Trinajstić information content (AvgIpc) is 2.94. The van der Waals surface area contributed by atoms with Gasteiger partial charge in [0.2, 0.25) is 11.8 Å². The molecule has 0 bridgehead atoms. The van der Waals surface area contributed by atoms with Gasteiger partial charge in [0.15, 0.2) is 0 Å². The van der Waals surface area contributed by atoms with E-state index in [-0.39, 0.29) is 24.7 Å². The van der Waals surface area contributed by atoms with Crippen molar-refractivity contribution in [2.45, 2.75) is 13.5 Å².